The van der Waals surface area contributed by atoms with E-state index in [2.05, 4.69) is 47.0 Å². The standard InChI is InChI=1S/C13H19BrN2O2/c1-13(2,3)10(6-7-14)16-12(18)9-4-5-11(17)15-8-9/h4-5,8,10H,6-7H2,1-3H3,(H,15,17)(H,16,18). The predicted molar refractivity (Wildman–Crippen MR) is 76.2 cm³/mol. The molecule has 0 aliphatic carbocycles. The largest absolute Gasteiger partial charge is 0.349 e. The molecule has 0 radical (unpaired) electrons. The van der Waals surface area contributed by atoms with E-state index in [4.69, 9.17) is 0 Å². The highest BCUT2D eigenvalue weighted by molar-refractivity contribution is 9.09. The molecule has 0 spiro atoms. The van der Waals surface area contributed by atoms with E-state index >= 15 is 0 Å². The van der Waals surface area contributed by atoms with Gasteiger partial charge in [0.25, 0.3) is 5.91 Å². The van der Waals surface area contributed by atoms with E-state index in [1.807, 2.05) is 0 Å². The van der Waals surface area contributed by atoms with Gasteiger partial charge in [0.15, 0.2) is 0 Å². The number of alkyl halides is 1. The van der Waals surface area contributed by atoms with Crippen molar-refractivity contribution < 1.29 is 4.79 Å². The second-order valence-corrected chi connectivity index (χ2v) is 6.10. The molecule has 100 valence electrons. The molecule has 4 nitrogen and oxygen atoms in total. The lowest BCUT2D eigenvalue weighted by molar-refractivity contribution is 0.0900. The number of amides is 1. The van der Waals surface area contributed by atoms with Gasteiger partial charge in [-0.05, 0) is 17.9 Å². The lowest BCUT2D eigenvalue weighted by Gasteiger charge is -2.31. The molecule has 1 aromatic rings. The summed E-state index contributed by atoms with van der Waals surface area (Å²) in [4.78, 5) is 25.5. The number of H-pyrrole nitrogens is 1. The second-order valence-electron chi connectivity index (χ2n) is 5.31. The Labute approximate surface area is 115 Å². The van der Waals surface area contributed by atoms with Crippen molar-refractivity contribution in [2.24, 2.45) is 5.41 Å². The van der Waals surface area contributed by atoms with Crippen LogP contribution in [0.25, 0.3) is 0 Å². The summed E-state index contributed by atoms with van der Waals surface area (Å²) in [7, 11) is 0. The fraction of sp³-hybridized carbons (Fsp3) is 0.538. The third-order valence-corrected chi connectivity index (χ3v) is 3.25. The molecular formula is C13H19BrN2O2. The Bertz CT molecular complexity index is 442. The second kappa shape index (κ2) is 6.18. The first kappa shape index (κ1) is 15.0. The first-order valence-corrected chi connectivity index (χ1v) is 7.02. The van der Waals surface area contributed by atoms with Crippen molar-refractivity contribution in [1.29, 1.82) is 0 Å². The highest BCUT2D eigenvalue weighted by Gasteiger charge is 2.25. The average molecular weight is 315 g/mol. The fourth-order valence-corrected chi connectivity index (χ4v) is 2.08. The van der Waals surface area contributed by atoms with Crippen molar-refractivity contribution in [1.82, 2.24) is 10.3 Å². The zero-order valence-electron chi connectivity index (χ0n) is 10.9. The Morgan fingerprint density at radius 1 is 1.44 bits per heavy atom. The average Bonchev–Trinajstić information content (AvgIpc) is 2.28. The fourth-order valence-electron chi connectivity index (χ4n) is 1.62. The van der Waals surface area contributed by atoms with Crippen LogP contribution in [0.4, 0.5) is 0 Å². The molecule has 0 bridgehead atoms. The lowest BCUT2D eigenvalue weighted by atomic mass is 9.85. The molecule has 0 aliphatic rings. The van der Waals surface area contributed by atoms with Gasteiger partial charge in [-0.15, -0.1) is 0 Å². The minimum Gasteiger partial charge on any atom is -0.349 e. The molecule has 2 N–H and O–H groups in total. The van der Waals surface area contributed by atoms with Crippen LogP contribution >= 0.6 is 15.9 Å². The number of hydrogen-bond donors (Lipinski definition) is 2. The van der Waals surface area contributed by atoms with E-state index in [9.17, 15) is 9.59 Å². The summed E-state index contributed by atoms with van der Waals surface area (Å²) in [6.07, 6.45) is 2.30. The third kappa shape index (κ3) is 4.29. The van der Waals surface area contributed by atoms with Gasteiger partial charge in [-0.2, -0.15) is 0 Å². The number of pyridine rings is 1. The van der Waals surface area contributed by atoms with Crippen molar-refractivity contribution >= 4 is 21.8 Å². The highest BCUT2D eigenvalue weighted by Crippen LogP contribution is 2.22. The first-order chi connectivity index (χ1) is 8.34. The minimum absolute atomic E-state index is 0.00831. The Morgan fingerprint density at radius 3 is 2.56 bits per heavy atom. The summed E-state index contributed by atoms with van der Waals surface area (Å²) >= 11 is 3.40. The van der Waals surface area contributed by atoms with Gasteiger partial charge in [0.2, 0.25) is 5.56 Å². The molecule has 0 aromatic carbocycles. The number of nitrogens with one attached hydrogen (secondary N) is 2. The van der Waals surface area contributed by atoms with E-state index in [0.717, 1.165) is 11.8 Å². The van der Waals surface area contributed by atoms with Crippen LogP contribution in [-0.2, 0) is 0 Å². The van der Waals surface area contributed by atoms with Crippen LogP contribution in [0.2, 0.25) is 0 Å². The Kier molecular flexibility index (Phi) is 5.14. The molecule has 18 heavy (non-hydrogen) atoms. The molecule has 0 saturated carbocycles. The Morgan fingerprint density at radius 2 is 2.11 bits per heavy atom. The van der Waals surface area contributed by atoms with Gasteiger partial charge in [0.05, 0.1) is 5.56 Å². The van der Waals surface area contributed by atoms with E-state index in [1.54, 1.807) is 0 Å². The Hall–Kier alpha value is -1.10. The maximum Gasteiger partial charge on any atom is 0.252 e. The summed E-state index contributed by atoms with van der Waals surface area (Å²) in [6.45, 7) is 6.27. The van der Waals surface area contributed by atoms with Gasteiger partial charge >= 0.3 is 0 Å². The number of aromatic amines is 1. The summed E-state index contributed by atoms with van der Waals surface area (Å²) < 4.78 is 0. The SMILES string of the molecule is CC(C)(C)C(CCBr)NC(=O)c1ccc(=O)[nH]c1. The number of rotatable bonds is 4. The monoisotopic (exact) mass is 314 g/mol. The van der Waals surface area contributed by atoms with Crippen LogP contribution in [0.3, 0.4) is 0 Å². The van der Waals surface area contributed by atoms with Gasteiger partial charge < -0.3 is 10.3 Å². The molecule has 0 saturated heterocycles. The topological polar surface area (TPSA) is 62.0 Å². The van der Waals surface area contributed by atoms with Crippen molar-refractivity contribution in [3.63, 3.8) is 0 Å². The van der Waals surface area contributed by atoms with Crippen LogP contribution in [0, 0.1) is 5.41 Å². The molecule has 1 atom stereocenters. The predicted octanol–water partition coefficient (Wildman–Crippen LogP) is 2.30. The minimum atomic E-state index is -0.209. The van der Waals surface area contributed by atoms with Crippen LogP contribution in [-0.4, -0.2) is 22.3 Å². The molecule has 1 aromatic heterocycles. The normalized spacial score (nSPS) is 13.1. The molecule has 1 amide bonds. The number of halogens is 1. The maximum atomic E-state index is 12.0. The van der Waals surface area contributed by atoms with Crippen LogP contribution in [0.15, 0.2) is 23.1 Å². The summed E-state index contributed by atoms with van der Waals surface area (Å²) in [5.74, 6) is -0.160. The number of carbonyl (C=O) groups excluding carboxylic acids is 1. The van der Waals surface area contributed by atoms with Crippen LogP contribution in [0.5, 0.6) is 0 Å². The van der Waals surface area contributed by atoms with Crippen molar-refractivity contribution in [2.75, 3.05) is 5.33 Å². The number of hydrogen-bond acceptors (Lipinski definition) is 2. The van der Waals surface area contributed by atoms with Gasteiger partial charge in [0.1, 0.15) is 0 Å². The zero-order chi connectivity index (χ0) is 13.8. The molecule has 1 rings (SSSR count). The van der Waals surface area contributed by atoms with Crippen LogP contribution in [0.1, 0.15) is 37.6 Å². The van der Waals surface area contributed by atoms with Gasteiger partial charge in [-0.25, -0.2) is 0 Å². The van der Waals surface area contributed by atoms with Gasteiger partial charge in [-0.1, -0.05) is 36.7 Å². The summed E-state index contributed by atoms with van der Waals surface area (Å²) in [5.41, 5.74) is 0.254. The first-order valence-electron chi connectivity index (χ1n) is 5.90. The van der Waals surface area contributed by atoms with E-state index < -0.39 is 0 Å². The van der Waals surface area contributed by atoms with Crippen molar-refractivity contribution in [3.05, 3.63) is 34.2 Å². The number of carbonyl (C=O) groups is 1. The highest BCUT2D eigenvalue weighted by atomic mass is 79.9. The summed E-state index contributed by atoms with van der Waals surface area (Å²) in [5, 5.41) is 3.84. The molecule has 0 fully saturated rings. The van der Waals surface area contributed by atoms with Crippen molar-refractivity contribution in [3.8, 4) is 0 Å². The van der Waals surface area contributed by atoms with E-state index in [1.165, 1.54) is 18.3 Å². The third-order valence-electron chi connectivity index (χ3n) is 2.79. The molecule has 0 aliphatic heterocycles. The molecule has 5 heteroatoms. The smallest absolute Gasteiger partial charge is 0.252 e. The Balaban J connectivity index is 2.78. The molecule has 1 unspecified atom stereocenters. The number of aromatic nitrogens is 1. The summed E-state index contributed by atoms with van der Waals surface area (Å²) in [6, 6.07) is 2.96. The van der Waals surface area contributed by atoms with Crippen molar-refractivity contribution in [2.45, 2.75) is 33.2 Å². The van der Waals surface area contributed by atoms with Crippen LogP contribution < -0.4 is 10.9 Å². The van der Waals surface area contributed by atoms with E-state index in [-0.39, 0.29) is 22.9 Å². The zero-order valence-corrected chi connectivity index (χ0v) is 12.5. The van der Waals surface area contributed by atoms with E-state index in [0.29, 0.717) is 5.56 Å². The molecular weight excluding hydrogens is 296 g/mol. The maximum absolute atomic E-state index is 12.0. The molecule has 1 heterocycles. The van der Waals surface area contributed by atoms with Gasteiger partial charge in [0, 0.05) is 23.6 Å². The van der Waals surface area contributed by atoms with Gasteiger partial charge in [-0.3, -0.25) is 9.59 Å². The lowest BCUT2D eigenvalue weighted by Crippen LogP contribution is -2.44. The quantitative estimate of drug-likeness (QED) is 0.838.